The molecule has 0 saturated carbocycles. The van der Waals surface area contributed by atoms with Crippen molar-refractivity contribution in [2.24, 2.45) is 0 Å². The van der Waals surface area contributed by atoms with Crippen LogP contribution in [0.3, 0.4) is 0 Å². The zero-order valence-electron chi connectivity index (χ0n) is 18.6. The Balaban J connectivity index is 1.74. The Hall–Kier alpha value is -3.03. The maximum Gasteiger partial charge on any atom is 0.263 e. The second-order valence-corrected chi connectivity index (χ2v) is 9.01. The molecule has 31 heavy (non-hydrogen) atoms. The van der Waals surface area contributed by atoms with E-state index < -0.39 is 0 Å². The number of benzene rings is 2. The van der Waals surface area contributed by atoms with E-state index in [1.54, 1.807) is 22.4 Å². The summed E-state index contributed by atoms with van der Waals surface area (Å²) in [6.07, 6.45) is 1.66. The third kappa shape index (κ3) is 4.11. The van der Waals surface area contributed by atoms with E-state index >= 15 is 0 Å². The number of amides is 1. The molecule has 2 aromatic heterocycles. The quantitative estimate of drug-likeness (QED) is 0.445. The lowest BCUT2D eigenvalue weighted by Gasteiger charge is -2.21. The van der Waals surface area contributed by atoms with Crippen molar-refractivity contribution in [3.8, 4) is 5.69 Å². The van der Waals surface area contributed by atoms with Crippen molar-refractivity contribution in [3.63, 3.8) is 0 Å². The minimum Gasteiger partial charge on any atom is -0.308 e. The van der Waals surface area contributed by atoms with Crippen molar-refractivity contribution in [2.45, 2.75) is 20.8 Å². The van der Waals surface area contributed by atoms with Crippen LogP contribution in [0.15, 0.2) is 48.7 Å². The molecular weight excluding hydrogens is 406 g/mol. The van der Waals surface area contributed by atoms with Gasteiger partial charge in [-0.3, -0.25) is 9.69 Å². The van der Waals surface area contributed by atoms with Crippen LogP contribution in [0.4, 0.5) is 5.13 Å². The Morgan fingerprint density at radius 2 is 1.77 bits per heavy atom. The van der Waals surface area contributed by atoms with Crippen molar-refractivity contribution < 1.29 is 4.79 Å². The Kier molecular flexibility index (Phi) is 5.89. The average molecular weight is 434 g/mol. The molecule has 160 valence electrons. The van der Waals surface area contributed by atoms with Gasteiger partial charge in [0.05, 0.1) is 33.4 Å². The first-order valence-electron chi connectivity index (χ1n) is 10.3. The second-order valence-electron chi connectivity index (χ2n) is 8.00. The van der Waals surface area contributed by atoms with E-state index in [-0.39, 0.29) is 5.91 Å². The molecular formula is C24H27N5OS. The van der Waals surface area contributed by atoms with Gasteiger partial charge >= 0.3 is 0 Å². The average Bonchev–Trinajstić information content (AvgIpc) is 3.35. The molecule has 4 rings (SSSR count). The second kappa shape index (κ2) is 8.61. The molecule has 2 aromatic carbocycles. The first-order chi connectivity index (χ1) is 14.9. The van der Waals surface area contributed by atoms with Crippen LogP contribution < -0.4 is 4.90 Å². The topological polar surface area (TPSA) is 54.3 Å². The van der Waals surface area contributed by atoms with E-state index in [1.165, 1.54) is 5.56 Å². The fourth-order valence-electron chi connectivity index (χ4n) is 3.51. The number of fused-ring (bicyclic) bond motifs is 1. The fraction of sp³-hybridized carbons (Fsp3) is 0.292. The van der Waals surface area contributed by atoms with Gasteiger partial charge < -0.3 is 4.90 Å². The Bertz CT molecular complexity index is 1230. The number of rotatable bonds is 6. The van der Waals surface area contributed by atoms with Crippen LogP contribution in [0.1, 0.15) is 27.2 Å². The molecule has 1 amide bonds. The lowest BCUT2D eigenvalue weighted by atomic mass is 10.1. The summed E-state index contributed by atoms with van der Waals surface area (Å²) >= 11 is 1.56. The summed E-state index contributed by atoms with van der Waals surface area (Å²) in [6, 6.07) is 14.1. The van der Waals surface area contributed by atoms with Gasteiger partial charge in [-0.15, -0.1) is 0 Å². The molecule has 0 spiro atoms. The smallest absolute Gasteiger partial charge is 0.263 e. The molecule has 0 saturated heterocycles. The molecule has 0 unspecified atom stereocenters. The van der Waals surface area contributed by atoms with Gasteiger partial charge in [0.15, 0.2) is 5.13 Å². The summed E-state index contributed by atoms with van der Waals surface area (Å²) in [5.41, 5.74) is 5.68. The van der Waals surface area contributed by atoms with Crippen molar-refractivity contribution in [2.75, 3.05) is 32.1 Å². The maximum absolute atomic E-state index is 13.7. The minimum atomic E-state index is -0.0741. The predicted molar refractivity (Wildman–Crippen MR) is 128 cm³/mol. The number of hydrogen-bond acceptors (Lipinski definition) is 5. The number of thiazole rings is 1. The monoisotopic (exact) mass is 433 g/mol. The summed E-state index contributed by atoms with van der Waals surface area (Å²) in [6.45, 7) is 7.40. The third-order valence-corrected chi connectivity index (χ3v) is 6.60. The highest BCUT2D eigenvalue weighted by molar-refractivity contribution is 7.22. The van der Waals surface area contributed by atoms with Gasteiger partial charge in [0.25, 0.3) is 5.91 Å². The highest BCUT2D eigenvalue weighted by Gasteiger charge is 2.25. The summed E-state index contributed by atoms with van der Waals surface area (Å²) in [5, 5.41) is 5.21. The number of carbonyl (C=O) groups is 1. The van der Waals surface area contributed by atoms with E-state index in [4.69, 9.17) is 4.98 Å². The molecule has 0 radical (unpaired) electrons. The number of likely N-dealkylation sites (N-methyl/N-ethyl adjacent to an activating group) is 1. The molecule has 0 atom stereocenters. The molecule has 6 nitrogen and oxygen atoms in total. The fourth-order valence-corrected chi connectivity index (χ4v) is 4.56. The Morgan fingerprint density at radius 1 is 1.03 bits per heavy atom. The molecule has 0 aliphatic carbocycles. The first-order valence-corrected chi connectivity index (χ1v) is 11.1. The number of nitrogens with zero attached hydrogens (tertiary/aromatic N) is 5. The number of hydrogen-bond donors (Lipinski definition) is 0. The van der Waals surface area contributed by atoms with Gasteiger partial charge in [-0.25, -0.2) is 9.67 Å². The third-order valence-electron chi connectivity index (χ3n) is 5.56. The van der Waals surface area contributed by atoms with Crippen molar-refractivity contribution in [3.05, 3.63) is 71.0 Å². The van der Waals surface area contributed by atoms with Crippen LogP contribution in [-0.2, 0) is 0 Å². The number of anilines is 1. The van der Waals surface area contributed by atoms with E-state index in [0.717, 1.165) is 38.8 Å². The lowest BCUT2D eigenvalue weighted by Crippen LogP contribution is -2.37. The van der Waals surface area contributed by atoms with Gasteiger partial charge in [-0.2, -0.15) is 5.10 Å². The summed E-state index contributed by atoms with van der Waals surface area (Å²) < 4.78 is 2.90. The van der Waals surface area contributed by atoms with Gasteiger partial charge in [0.2, 0.25) is 0 Å². The van der Waals surface area contributed by atoms with Gasteiger partial charge in [-0.1, -0.05) is 35.6 Å². The van der Waals surface area contributed by atoms with Crippen LogP contribution in [0, 0.1) is 20.8 Å². The normalized spacial score (nSPS) is 11.4. The molecule has 2 heterocycles. The molecule has 4 aromatic rings. The zero-order chi connectivity index (χ0) is 22.1. The van der Waals surface area contributed by atoms with Crippen LogP contribution in [0.25, 0.3) is 15.9 Å². The van der Waals surface area contributed by atoms with E-state index in [1.807, 2.05) is 56.0 Å². The zero-order valence-corrected chi connectivity index (χ0v) is 19.4. The molecule has 0 bridgehead atoms. The SMILES string of the molecule is Cc1ccc2sc(N(CCN(C)C)C(=O)c3cnn(-c4ccccc4)c3C)nc2c1C. The number of aryl methyl sites for hydroxylation is 2. The van der Waals surface area contributed by atoms with Gasteiger partial charge in [-0.05, 0) is 64.2 Å². The predicted octanol–water partition coefficient (Wildman–Crippen LogP) is 4.62. The van der Waals surface area contributed by atoms with Crippen LogP contribution in [-0.4, -0.2) is 52.8 Å². The number of para-hydroxylation sites is 1. The number of carbonyl (C=O) groups excluding carboxylic acids is 1. The molecule has 7 heteroatoms. The molecule has 0 N–H and O–H groups in total. The summed E-state index contributed by atoms with van der Waals surface area (Å²) in [7, 11) is 4.01. The van der Waals surface area contributed by atoms with Crippen LogP contribution >= 0.6 is 11.3 Å². The van der Waals surface area contributed by atoms with Crippen molar-refractivity contribution in [1.82, 2.24) is 19.7 Å². The molecule has 0 fully saturated rings. The standard InChI is InChI=1S/C24H27N5OS/c1-16-11-12-21-22(17(16)2)26-24(31-21)28(14-13-27(4)5)23(30)20-15-25-29(18(20)3)19-9-7-6-8-10-19/h6-12,15H,13-14H2,1-5H3. The first kappa shape index (κ1) is 21.2. The number of aromatic nitrogens is 3. The minimum absolute atomic E-state index is 0.0741. The van der Waals surface area contributed by atoms with E-state index in [9.17, 15) is 4.79 Å². The van der Waals surface area contributed by atoms with Crippen LogP contribution in [0.2, 0.25) is 0 Å². The Labute approximate surface area is 186 Å². The molecule has 0 aliphatic heterocycles. The molecule has 0 aliphatic rings. The van der Waals surface area contributed by atoms with E-state index in [2.05, 4.69) is 36.0 Å². The highest BCUT2D eigenvalue weighted by Crippen LogP contribution is 2.33. The maximum atomic E-state index is 13.7. The van der Waals surface area contributed by atoms with Gasteiger partial charge in [0, 0.05) is 13.1 Å². The lowest BCUT2D eigenvalue weighted by molar-refractivity contribution is 0.0984. The van der Waals surface area contributed by atoms with Gasteiger partial charge in [0.1, 0.15) is 0 Å². The Morgan fingerprint density at radius 3 is 2.48 bits per heavy atom. The summed E-state index contributed by atoms with van der Waals surface area (Å²) in [5.74, 6) is -0.0741. The van der Waals surface area contributed by atoms with E-state index in [0.29, 0.717) is 12.1 Å². The highest BCUT2D eigenvalue weighted by atomic mass is 32.1. The van der Waals surface area contributed by atoms with Crippen molar-refractivity contribution >= 4 is 32.6 Å². The largest absolute Gasteiger partial charge is 0.308 e. The van der Waals surface area contributed by atoms with Crippen LogP contribution in [0.5, 0.6) is 0 Å². The van der Waals surface area contributed by atoms with Crippen molar-refractivity contribution in [1.29, 1.82) is 0 Å². The summed E-state index contributed by atoms with van der Waals surface area (Å²) in [4.78, 5) is 22.4.